The number of carbonyl (C=O) groups excluding carboxylic acids is 1. The van der Waals surface area contributed by atoms with Crippen LogP contribution in [0.25, 0.3) is 0 Å². The minimum absolute atomic E-state index is 0.0326. The highest BCUT2D eigenvalue weighted by atomic mass is 16.5. The first kappa shape index (κ1) is 20.9. The number of anilines is 1. The molecule has 0 unspecified atom stereocenters. The smallest absolute Gasteiger partial charge is 0.317 e. The molecule has 156 valence electrons. The summed E-state index contributed by atoms with van der Waals surface area (Å²) < 4.78 is 5.84. The minimum atomic E-state index is 0.0326. The Morgan fingerprint density at radius 2 is 1.93 bits per heavy atom. The maximum atomic E-state index is 12.6. The van der Waals surface area contributed by atoms with Crippen LogP contribution < -0.4 is 10.2 Å². The number of hydrogen-bond acceptors (Lipinski definition) is 4. The number of urea groups is 1. The quantitative estimate of drug-likeness (QED) is 0.842. The van der Waals surface area contributed by atoms with Gasteiger partial charge in [0.2, 0.25) is 0 Å². The number of aryl methyl sites for hydroxylation is 1. The Hall–Kier alpha value is -1.79. The maximum absolute atomic E-state index is 12.6. The molecule has 2 amide bonds. The second kappa shape index (κ2) is 9.61. The SMILES string of the molecule is Cc1cccc(N2CCN(C(=O)NC[C@H]3CN(CC(C)C)CCO3)CC2)c1C. The number of carbonyl (C=O) groups is 1. The summed E-state index contributed by atoms with van der Waals surface area (Å²) in [5.41, 5.74) is 3.94. The monoisotopic (exact) mass is 388 g/mol. The van der Waals surface area contributed by atoms with E-state index < -0.39 is 0 Å². The van der Waals surface area contributed by atoms with E-state index in [2.05, 4.69) is 61.0 Å². The fourth-order valence-electron chi connectivity index (χ4n) is 4.13. The first-order valence-electron chi connectivity index (χ1n) is 10.6. The molecule has 1 N–H and O–H groups in total. The Labute approximate surface area is 169 Å². The van der Waals surface area contributed by atoms with Gasteiger partial charge >= 0.3 is 6.03 Å². The summed E-state index contributed by atoms with van der Waals surface area (Å²) >= 11 is 0. The number of amides is 2. The largest absolute Gasteiger partial charge is 0.374 e. The van der Waals surface area contributed by atoms with Gasteiger partial charge in [0.25, 0.3) is 0 Å². The molecule has 0 aliphatic carbocycles. The van der Waals surface area contributed by atoms with Crippen LogP contribution in [-0.4, -0.2) is 80.9 Å². The number of ether oxygens (including phenoxy) is 1. The zero-order valence-electron chi connectivity index (χ0n) is 17.9. The zero-order chi connectivity index (χ0) is 20.1. The third-order valence-corrected chi connectivity index (χ3v) is 5.81. The molecular formula is C22H36N4O2. The molecule has 2 aliphatic rings. The fourth-order valence-corrected chi connectivity index (χ4v) is 4.13. The van der Waals surface area contributed by atoms with Gasteiger partial charge in [-0.1, -0.05) is 26.0 Å². The predicted octanol–water partition coefficient (Wildman–Crippen LogP) is 2.49. The van der Waals surface area contributed by atoms with Crippen molar-refractivity contribution in [2.45, 2.75) is 33.8 Å². The lowest BCUT2D eigenvalue weighted by Crippen LogP contribution is -2.54. The number of hydrogen-bond donors (Lipinski definition) is 1. The molecule has 1 atom stereocenters. The van der Waals surface area contributed by atoms with Crippen molar-refractivity contribution in [1.82, 2.24) is 15.1 Å². The van der Waals surface area contributed by atoms with Crippen LogP contribution in [0, 0.1) is 19.8 Å². The Kier molecular flexibility index (Phi) is 7.18. The van der Waals surface area contributed by atoms with Gasteiger partial charge in [-0.3, -0.25) is 4.90 Å². The number of nitrogens with one attached hydrogen (secondary N) is 1. The highest BCUT2D eigenvalue weighted by molar-refractivity contribution is 5.74. The van der Waals surface area contributed by atoms with E-state index in [0.29, 0.717) is 12.5 Å². The Balaban J connectivity index is 1.43. The Bertz CT molecular complexity index is 656. The second-order valence-corrected chi connectivity index (χ2v) is 8.53. The number of nitrogens with zero attached hydrogens (tertiary/aromatic N) is 3. The summed E-state index contributed by atoms with van der Waals surface area (Å²) in [6.07, 6.45) is 0.0904. The van der Waals surface area contributed by atoms with Gasteiger partial charge in [0.05, 0.1) is 12.7 Å². The summed E-state index contributed by atoms with van der Waals surface area (Å²) in [5, 5.41) is 3.09. The third kappa shape index (κ3) is 5.39. The van der Waals surface area contributed by atoms with Crippen LogP contribution in [0.1, 0.15) is 25.0 Å². The zero-order valence-corrected chi connectivity index (χ0v) is 17.9. The first-order valence-corrected chi connectivity index (χ1v) is 10.6. The molecule has 2 saturated heterocycles. The summed E-state index contributed by atoms with van der Waals surface area (Å²) in [6, 6.07) is 6.48. The van der Waals surface area contributed by atoms with Crippen LogP contribution in [0.2, 0.25) is 0 Å². The molecule has 1 aromatic rings. The van der Waals surface area contributed by atoms with E-state index in [-0.39, 0.29) is 12.1 Å². The normalized spacial score (nSPS) is 21.2. The van der Waals surface area contributed by atoms with Crippen molar-refractivity contribution < 1.29 is 9.53 Å². The van der Waals surface area contributed by atoms with Gasteiger partial charge in [0, 0.05) is 58.0 Å². The number of morpholine rings is 1. The standard InChI is InChI=1S/C22H36N4O2/c1-17(2)15-24-12-13-28-20(16-24)14-23-22(27)26-10-8-25(9-11-26)21-7-5-6-18(3)19(21)4/h5-7,17,20H,8-16H2,1-4H3,(H,23,27)/t20-/m0/s1. The third-order valence-electron chi connectivity index (χ3n) is 5.81. The van der Waals surface area contributed by atoms with E-state index in [1.165, 1.54) is 16.8 Å². The molecule has 0 saturated carbocycles. The van der Waals surface area contributed by atoms with Crippen molar-refractivity contribution in [3.05, 3.63) is 29.3 Å². The molecule has 0 aromatic heterocycles. The van der Waals surface area contributed by atoms with Gasteiger partial charge in [-0.15, -0.1) is 0 Å². The highest BCUT2D eigenvalue weighted by Gasteiger charge is 2.25. The molecule has 2 heterocycles. The van der Waals surface area contributed by atoms with Gasteiger partial charge in [-0.25, -0.2) is 4.79 Å². The van der Waals surface area contributed by atoms with Gasteiger partial charge < -0.3 is 19.9 Å². The molecule has 2 fully saturated rings. The second-order valence-electron chi connectivity index (χ2n) is 8.53. The maximum Gasteiger partial charge on any atom is 0.317 e. The lowest BCUT2D eigenvalue weighted by Gasteiger charge is -2.38. The first-order chi connectivity index (χ1) is 13.4. The van der Waals surface area contributed by atoms with E-state index in [1.54, 1.807) is 0 Å². The topological polar surface area (TPSA) is 48.0 Å². The highest BCUT2D eigenvalue weighted by Crippen LogP contribution is 2.23. The van der Waals surface area contributed by atoms with Gasteiger partial charge in [-0.2, -0.15) is 0 Å². The van der Waals surface area contributed by atoms with Gasteiger partial charge in [0.1, 0.15) is 0 Å². The van der Waals surface area contributed by atoms with E-state index >= 15 is 0 Å². The molecule has 0 bridgehead atoms. The molecule has 6 heteroatoms. The summed E-state index contributed by atoms with van der Waals surface area (Å²) in [7, 11) is 0. The van der Waals surface area contributed by atoms with Crippen molar-refractivity contribution in [3.8, 4) is 0 Å². The minimum Gasteiger partial charge on any atom is -0.374 e. The average Bonchev–Trinajstić information content (AvgIpc) is 2.68. The number of piperazine rings is 1. The van der Waals surface area contributed by atoms with Crippen molar-refractivity contribution >= 4 is 11.7 Å². The van der Waals surface area contributed by atoms with Crippen LogP contribution in [0.15, 0.2) is 18.2 Å². The Morgan fingerprint density at radius 3 is 2.64 bits per heavy atom. The fraction of sp³-hybridized carbons (Fsp3) is 0.682. The molecule has 6 nitrogen and oxygen atoms in total. The van der Waals surface area contributed by atoms with E-state index in [9.17, 15) is 4.79 Å². The van der Waals surface area contributed by atoms with Crippen LogP contribution in [0.4, 0.5) is 10.5 Å². The molecule has 2 aliphatic heterocycles. The van der Waals surface area contributed by atoms with E-state index in [4.69, 9.17) is 4.74 Å². The summed E-state index contributed by atoms with van der Waals surface area (Å²) in [6.45, 7) is 16.4. The lowest BCUT2D eigenvalue weighted by molar-refractivity contribution is -0.0294. The molecular weight excluding hydrogens is 352 g/mol. The van der Waals surface area contributed by atoms with Crippen molar-refractivity contribution in [3.63, 3.8) is 0 Å². The van der Waals surface area contributed by atoms with Crippen molar-refractivity contribution in [1.29, 1.82) is 0 Å². The molecule has 0 spiro atoms. The molecule has 1 aromatic carbocycles. The summed E-state index contributed by atoms with van der Waals surface area (Å²) in [5.74, 6) is 0.654. The average molecular weight is 389 g/mol. The van der Waals surface area contributed by atoms with Crippen LogP contribution in [0.3, 0.4) is 0 Å². The lowest BCUT2D eigenvalue weighted by atomic mass is 10.1. The molecule has 28 heavy (non-hydrogen) atoms. The summed E-state index contributed by atoms with van der Waals surface area (Å²) in [4.78, 5) is 19.3. The van der Waals surface area contributed by atoms with E-state index in [0.717, 1.165) is 52.4 Å². The van der Waals surface area contributed by atoms with Crippen molar-refractivity contribution in [2.75, 3.05) is 63.9 Å². The van der Waals surface area contributed by atoms with Gasteiger partial charge in [-0.05, 0) is 37.0 Å². The predicted molar refractivity (Wildman–Crippen MR) is 114 cm³/mol. The Morgan fingerprint density at radius 1 is 1.18 bits per heavy atom. The number of benzene rings is 1. The van der Waals surface area contributed by atoms with Crippen LogP contribution >= 0.6 is 0 Å². The van der Waals surface area contributed by atoms with Crippen LogP contribution in [0.5, 0.6) is 0 Å². The van der Waals surface area contributed by atoms with Gasteiger partial charge in [0.15, 0.2) is 0 Å². The molecule has 3 rings (SSSR count). The van der Waals surface area contributed by atoms with Crippen LogP contribution in [-0.2, 0) is 4.74 Å². The van der Waals surface area contributed by atoms with Crippen molar-refractivity contribution in [2.24, 2.45) is 5.92 Å². The number of rotatable bonds is 5. The molecule has 0 radical (unpaired) electrons. The van der Waals surface area contributed by atoms with E-state index in [1.807, 2.05) is 4.90 Å².